The van der Waals surface area contributed by atoms with E-state index < -0.39 is 15.9 Å². The van der Waals surface area contributed by atoms with Crippen molar-refractivity contribution in [3.63, 3.8) is 0 Å². The summed E-state index contributed by atoms with van der Waals surface area (Å²) in [5.74, 6) is 0.734. The van der Waals surface area contributed by atoms with Crippen molar-refractivity contribution in [1.29, 1.82) is 0 Å². The van der Waals surface area contributed by atoms with Crippen LogP contribution in [0.2, 0.25) is 0 Å². The van der Waals surface area contributed by atoms with E-state index >= 15 is 0 Å². The lowest BCUT2D eigenvalue weighted by atomic mass is 10.1. The molecule has 3 rings (SSSR count). The minimum absolute atomic E-state index is 0.148. The first-order chi connectivity index (χ1) is 14.8. The number of carbonyl (C=O) groups is 1. The van der Waals surface area contributed by atoms with Crippen molar-refractivity contribution in [3.8, 4) is 11.5 Å². The summed E-state index contributed by atoms with van der Waals surface area (Å²) in [6.07, 6.45) is 0. The van der Waals surface area contributed by atoms with E-state index in [1.54, 1.807) is 37.4 Å². The van der Waals surface area contributed by atoms with Gasteiger partial charge in [-0.15, -0.1) is 0 Å². The molecule has 0 radical (unpaired) electrons. The summed E-state index contributed by atoms with van der Waals surface area (Å²) in [6, 6.07) is 17.5. The molecule has 8 heteroatoms. The topological polar surface area (TPSA) is 84.9 Å². The molecule has 31 heavy (non-hydrogen) atoms. The van der Waals surface area contributed by atoms with Gasteiger partial charge in [-0.3, -0.25) is 4.79 Å². The van der Waals surface area contributed by atoms with Crippen LogP contribution in [-0.2, 0) is 14.8 Å². The largest absolute Gasteiger partial charge is 0.493 e. The maximum atomic E-state index is 12.9. The van der Waals surface area contributed by atoms with Crippen LogP contribution >= 0.6 is 0 Å². The van der Waals surface area contributed by atoms with Crippen molar-refractivity contribution in [2.24, 2.45) is 0 Å². The number of sulfonamides is 1. The summed E-state index contributed by atoms with van der Waals surface area (Å²) in [7, 11) is 0.674. The van der Waals surface area contributed by atoms with Crippen LogP contribution in [0, 0.1) is 0 Å². The lowest BCUT2D eigenvalue weighted by molar-refractivity contribution is -0.121. The normalized spacial score (nSPS) is 12.5. The fourth-order valence-corrected chi connectivity index (χ4v) is 4.45. The number of fused-ring (bicyclic) bond motifs is 1. The fourth-order valence-electron chi connectivity index (χ4n) is 3.29. The van der Waals surface area contributed by atoms with Crippen LogP contribution in [0.1, 0.15) is 18.5 Å². The van der Waals surface area contributed by atoms with Crippen LogP contribution in [0.5, 0.6) is 11.5 Å². The van der Waals surface area contributed by atoms with Gasteiger partial charge in [-0.05, 0) is 47.5 Å². The van der Waals surface area contributed by atoms with Gasteiger partial charge in [-0.2, -0.15) is 4.31 Å². The SMILES string of the molecule is COc1ccc([C@@H](C)NC(=O)CN(C)S(=O)(=O)c2ccc3ccccc3c2)cc1OC. The number of amides is 1. The van der Waals surface area contributed by atoms with Crippen molar-refractivity contribution < 1.29 is 22.7 Å². The molecule has 3 aromatic carbocycles. The second-order valence-electron chi connectivity index (χ2n) is 7.17. The molecule has 1 amide bonds. The molecule has 0 fully saturated rings. The van der Waals surface area contributed by atoms with Gasteiger partial charge in [0, 0.05) is 7.05 Å². The summed E-state index contributed by atoms with van der Waals surface area (Å²) in [5, 5.41) is 4.60. The molecule has 1 atom stereocenters. The average molecular weight is 443 g/mol. The van der Waals surface area contributed by atoms with E-state index in [4.69, 9.17) is 9.47 Å². The standard InChI is InChI=1S/C23H26N2O5S/c1-16(18-10-12-21(29-3)22(14-18)30-4)24-23(26)15-25(2)31(27,28)20-11-9-17-7-5-6-8-19(17)13-20/h5-14,16H,15H2,1-4H3,(H,24,26)/t16-/m1/s1. The molecule has 0 saturated heterocycles. The predicted octanol–water partition coefficient (Wildman–Crippen LogP) is 3.35. The maximum Gasteiger partial charge on any atom is 0.243 e. The van der Waals surface area contributed by atoms with Gasteiger partial charge in [-0.25, -0.2) is 8.42 Å². The van der Waals surface area contributed by atoms with Gasteiger partial charge in [0.15, 0.2) is 11.5 Å². The molecule has 0 aliphatic carbocycles. The minimum atomic E-state index is -3.81. The highest BCUT2D eigenvalue weighted by molar-refractivity contribution is 7.89. The average Bonchev–Trinajstić information content (AvgIpc) is 2.77. The molecule has 0 spiro atoms. The Labute approximate surface area is 182 Å². The molecule has 1 N–H and O–H groups in total. The Balaban J connectivity index is 1.70. The van der Waals surface area contributed by atoms with E-state index in [-0.39, 0.29) is 17.5 Å². The van der Waals surface area contributed by atoms with Crippen molar-refractivity contribution in [2.75, 3.05) is 27.8 Å². The maximum absolute atomic E-state index is 12.9. The van der Waals surface area contributed by atoms with Gasteiger partial charge < -0.3 is 14.8 Å². The van der Waals surface area contributed by atoms with E-state index in [1.165, 1.54) is 14.2 Å². The van der Waals surface area contributed by atoms with Gasteiger partial charge >= 0.3 is 0 Å². The zero-order valence-corrected chi connectivity index (χ0v) is 18.8. The summed E-state index contributed by atoms with van der Waals surface area (Å²) in [6.45, 7) is 1.52. The van der Waals surface area contributed by atoms with Gasteiger partial charge in [-0.1, -0.05) is 36.4 Å². The first-order valence-electron chi connectivity index (χ1n) is 9.72. The molecule has 3 aromatic rings. The number of carbonyl (C=O) groups excluding carboxylic acids is 1. The number of methoxy groups -OCH3 is 2. The Hall–Kier alpha value is -3.10. The van der Waals surface area contributed by atoms with Crippen LogP contribution in [0.15, 0.2) is 65.6 Å². The molecule has 0 aromatic heterocycles. The van der Waals surface area contributed by atoms with E-state index in [0.29, 0.717) is 11.5 Å². The molecular formula is C23H26N2O5S. The second kappa shape index (κ2) is 9.36. The third-order valence-corrected chi connectivity index (χ3v) is 6.88. The van der Waals surface area contributed by atoms with Gasteiger partial charge in [0.1, 0.15) is 0 Å². The van der Waals surface area contributed by atoms with Crippen molar-refractivity contribution in [3.05, 3.63) is 66.2 Å². The Morgan fingerprint density at radius 3 is 2.32 bits per heavy atom. The third kappa shape index (κ3) is 4.98. The molecule has 0 bridgehead atoms. The third-order valence-electron chi connectivity index (χ3n) is 5.08. The number of ether oxygens (including phenoxy) is 2. The van der Waals surface area contributed by atoms with Crippen molar-refractivity contribution in [1.82, 2.24) is 9.62 Å². The van der Waals surface area contributed by atoms with E-state index in [0.717, 1.165) is 20.6 Å². The smallest absolute Gasteiger partial charge is 0.243 e. The minimum Gasteiger partial charge on any atom is -0.493 e. The number of likely N-dealkylation sites (N-methyl/N-ethyl adjacent to an activating group) is 1. The number of nitrogens with one attached hydrogen (secondary N) is 1. The highest BCUT2D eigenvalue weighted by Gasteiger charge is 2.24. The Morgan fingerprint density at radius 1 is 0.968 bits per heavy atom. The van der Waals surface area contributed by atoms with Crippen molar-refractivity contribution in [2.45, 2.75) is 17.9 Å². The van der Waals surface area contributed by atoms with Crippen LogP contribution < -0.4 is 14.8 Å². The predicted molar refractivity (Wildman–Crippen MR) is 120 cm³/mol. The van der Waals surface area contributed by atoms with Gasteiger partial charge in [0.2, 0.25) is 15.9 Å². The van der Waals surface area contributed by atoms with E-state index in [1.807, 2.05) is 37.3 Å². The lowest BCUT2D eigenvalue weighted by Gasteiger charge is -2.20. The zero-order valence-electron chi connectivity index (χ0n) is 18.0. The zero-order chi connectivity index (χ0) is 22.6. The lowest BCUT2D eigenvalue weighted by Crippen LogP contribution is -2.39. The Kier molecular flexibility index (Phi) is 6.82. The molecule has 7 nitrogen and oxygen atoms in total. The number of rotatable bonds is 8. The highest BCUT2D eigenvalue weighted by Crippen LogP contribution is 2.30. The highest BCUT2D eigenvalue weighted by atomic mass is 32.2. The van der Waals surface area contributed by atoms with Crippen molar-refractivity contribution >= 4 is 26.7 Å². The number of nitrogens with zero attached hydrogens (tertiary/aromatic N) is 1. The Morgan fingerprint density at radius 2 is 1.65 bits per heavy atom. The molecule has 0 unspecified atom stereocenters. The first kappa shape index (κ1) is 22.6. The van der Waals surface area contributed by atoms with Crippen LogP contribution in [-0.4, -0.2) is 46.4 Å². The Bertz CT molecular complexity index is 1190. The van der Waals surface area contributed by atoms with Crippen LogP contribution in [0.4, 0.5) is 0 Å². The fraction of sp³-hybridized carbons (Fsp3) is 0.261. The summed E-state index contributed by atoms with van der Waals surface area (Å²) >= 11 is 0. The van der Waals surface area contributed by atoms with Gasteiger partial charge in [0.05, 0.1) is 31.7 Å². The molecule has 0 saturated carbocycles. The van der Waals surface area contributed by atoms with Gasteiger partial charge in [0.25, 0.3) is 0 Å². The second-order valence-corrected chi connectivity index (χ2v) is 9.22. The monoisotopic (exact) mass is 442 g/mol. The van der Waals surface area contributed by atoms with Crippen LogP contribution in [0.3, 0.4) is 0 Å². The molecule has 164 valence electrons. The molecule has 0 aliphatic heterocycles. The van der Waals surface area contributed by atoms with Crippen LogP contribution in [0.25, 0.3) is 10.8 Å². The summed E-state index contributed by atoms with van der Waals surface area (Å²) in [5.41, 5.74) is 0.811. The first-order valence-corrected chi connectivity index (χ1v) is 11.2. The number of benzene rings is 3. The summed E-state index contributed by atoms with van der Waals surface area (Å²) < 4.78 is 37.4. The number of hydrogen-bond acceptors (Lipinski definition) is 5. The number of hydrogen-bond donors (Lipinski definition) is 1. The summed E-state index contributed by atoms with van der Waals surface area (Å²) in [4.78, 5) is 12.7. The molecule has 0 heterocycles. The molecular weight excluding hydrogens is 416 g/mol. The van der Waals surface area contributed by atoms with E-state index in [2.05, 4.69) is 5.32 Å². The molecule has 0 aliphatic rings. The quantitative estimate of drug-likeness (QED) is 0.578. The van der Waals surface area contributed by atoms with E-state index in [9.17, 15) is 13.2 Å².